The van der Waals surface area contributed by atoms with E-state index in [1.54, 1.807) is 0 Å². The maximum absolute atomic E-state index is 5.90. The average Bonchev–Trinajstić information content (AvgIpc) is 1.90. The lowest BCUT2D eigenvalue weighted by atomic mass is 9.90. The molecule has 9 heavy (non-hydrogen) atoms. The Morgan fingerprint density at radius 2 is 2.00 bits per heavy atom. The van der Waals surface area contributed by atoms with Gasteiger partial charge in [0, 0.05) is 5.54 Å². The van der Waals surface area contributed by atoms with E-state index in [1.807, 2.05) is 6.08 Å². The fourth-order valence-electron chi connectivity index (χ4n) is 1.10. The summed E-state index contributed by atoms with van der Waals surface area (Å²) in [4.78, 5) is 0. The summed E-state index contributed by atoms with van der Waals surface area (Å²) in [7, 11) is 0. The van der Waals surface area contributed by atoms with Crippen LogP contribution in [0.4, 0.5) is 0 Å². The number of nitrogens with one attached hydrogen (secondary N) is 1. The molecule has 1 aliphatic heterocycles. The van der Waals surface area contributed by atoms with Gasteiger partial charge in [0.15, 0.2) is 0 Å². The van der Waals surface area contributed by atoms with Crippen LogP contribution in [0.2, 0.25) is 0 Å². The maximum Gasteiger partial charge on any atom is 0.0360 e. The zero-order chi connectivity index (χ0) is 6.74. The van der Waals surface area contributed by atoms with Crippen molar-refractivity contribution in [2.75, 3.05) is 13.1 Å². The van der Waals surface area contributed by atoms with Crippen LogP contribution in [0.3, 0.4) is 0 Å². The summed E-state index contributed by atoms with van der Waals surface area (Å²) in [6.45, 7) is 5.76. The zero-order valence-electron chi connectivity index (χ0n) is 5.69. The van der Waals surface area contributed by atoms with E-state index in [1.165, 1.54) is 0 Å². The van der Waals surface area contributed by atoms with Crippen molar-refractivity contribution in [3.63, 3.8) is 0 Å². The van der Waals surface area contributed by atoms with Crippen molar-refractivity contribution >= 4 is 0 Å². The topological polar surface area (TPSA) is 38.0 Å². The summed E-state index contributed by atoms with van der Waals surface area (Å²) >= 11 is 0. The van der Waals surface area contributed by atoms with Crippen LogP contribution in [-0.4, -0.2) is 18.6 Å². The van der Waals surface area contributed by atoms with Crippen LogP contribution in [-0.2, 0) is 0 Å². The Labute approximate surface area is 56.1 Å². The summed E-state index contributed by atoms with van der Waals surface area (Å²) < 4.78 is 0. The molecule has 0 saturated carbocycles. The van der Waals surface area contributed by atoms with Gasteiger partial charge in [0.05, 0.1) is 0 Å². The molecule has 0 unspecified atom stereocenters. The van der Waals surface area contributed by atoms with Gasteiger partial charge < -0.3 is 11.1 Å². The van der Waals surface area contributed by atoms with E-state index in [4.69, 9.17) is 5.73 Å². The SMILES string of the molecule is C=CC1(N)CCNCC1. The molecule has 2 nitrogen and oxygen atoms in total. The first kappa shape index (κ1) is 6.78. The molecule has 0 spiro atoms. The van der Waals surface area contributed by atoms with Crippen molar-refractivity contribution in [3.05, 3.63) is 12.7 Å². The second kappa shape index (κ2) is 2.50. The van der Waals surface area contributed by atoms with Crippen LogP contribution in [0.1, 0.15) is 12.8 Å². The maximum atomic E-state index is 5.90. The minimum absolute atomic E-state index is 0.0781. The van der Waals surface area contributed by atoms with Gasteiger partial charge in [0.1, 0.15) is 0 Å². The van der Waals surface area contributed by atoms with E-state index in [9.17, 15) is 0 Å². The molecule has 52 valence electrons. The third-order valence-corrected chi connectivity index (χ3v) is 1.94. The van der Waals surface area contributed by atoms with Crippen LogP contribution >= 0.6 is 0 Å². The van der Waals surface area contributed by atoms with Gasteiger partial charge >= 0.3 is 0 Å². The lowest BCUT2D eigenvalue weighted by molar-refractivity contribution is 0.375. The Kier molecular flexibility index (Phi) is 1.88. The Hall–Kier alpha value is -0.340. The molecule has 0 aliphatic carbocycles. The van der Waals surface area contributed by atoms with Gasteiger partial charge in [-0.25, -0.2) is 0 Å². The summed E-state index contributed by atoms with van der Waals surface area (Å²) in [5.74, 6) is 0. The molecule has 0 amide bonds. The second-order valence-electron chi connectivity index (χ2n) is 2.69. The van der Waals surface area contributed by atoms with Crippen LogP contribution < -0.4 is 11.1 Å². The summed E-state index contributed by atoms with van der Waals surface area (Å²) in [6, 6.07) is 0. The molecule has 0 radical (unpaired) electrons. The zero-order valence-corrected chi connectivity index (χ0v) is 5.69. The number of nitrogens with two attached hydrogens (primary N) is 1. The quantitative estimate of drug-likeness (QED) is 0.494. The first-order valence-electron chi connectivity index (χ1n) is 3.40. The summed E-state index contributed by atoms with van der Waals surface area (Å²) in [5, 5.41) is 3.25. The van der Waals surface area contributed by atoms with E-state index in [-0.39, 0.29) is 5.54 Å². The highest BCUT2D eigenvalue weighted by Crippen LogP contribution is 2.14. The summed E-state index contributed by atoms with van der Waals surface area (Å²) in [6.07, 6.45) is 3.92. The smallest absolute Gasteiger partial charge is 0.0360 e. The van der Waals surface area contributed by atoms with Gasteiger partial charge in [-0.15, -0.1) is 6.58 Å². The lowest BCUT2D eigenvalue weighted by Gasteiger charge is -2.30. The Bertz CT molecular complexity index is 103. The number of hydrogen-bond acceptors (Lipinski definition) is 2. The minimum Gasteiger partial charge on any atom is -0.322 e. The van der Waals surface area contributed by atoms with Crippen LogP contribution in [0.25, 0.3) is 0 Å². The number of piperidine rings is 1. The predicted molar refractivity (Wildman–Crippen MR) is 39.2 cm³/mol. The van der Waals surface area contributed by atoms with Crippen LogP contribution in [0.15, 0.2) is 12.7 Å². The molecule has 0 aromatic rings. The molecule has 0 aromatic heterocycles. The highest BCUT2D eigenvalue weighted by atomic mass is 14.9. The largest absolute Gasteiger partial charge is 0.322 e. The Balaban J connectivity index is 2.46. The van der Waals surface area contributed by atoms with E-state index >= 15 is 0 Å². The van der Waals surface area contributed by atoms with Gasteiger partial charge in [-0.2, -0.15) is 0 Å². The van der Waals surface area contributed by atoms with Gasteiger partial charge in [-0.1, -0.05) is 6.08 Å². The van der Waals surface area contributed by atoms with Gasteiger partial charge in [-0.05, 0) is 25.9 Å². The highest BCUT2D eigenvalue weighted by molar-refractivity contribution is 5.02. The molecule has 1 rings (SSSR count). The van der Waals surface area contributed by atoms with Crippen molar-refractivity contribution in [1.82, 2.24) is 5.32 Å². The monoisotopic (exact) mass is 126 g/mol. The normalized spacial score (nSPS) is 25.4. The Morgan fingerprint density at radius 1 is 1.44 bits per heavy atom. The van der Waals surface area contributed by atoms with Crippen molar-refractivity contribution < 1.29 is 0 Å². The Morgan fingerprint density at radius 3 is 2.33 bits per heavy atom. The van der Waals surface area contributed by atoms with E-state index < -0.39 is 0 Å². The van der Waals surface area contributed by atoms with Crippen molar-refractivity contribution in [3.8, 4) is 0 Å². The molecule has 1 aliphatic rings. The third kappa shape index (κ3) is 1.53. The fourth-order valence-corrected chi connectivity index (χ4v) is 1.10. The number of rotatable bonds is 1. The molecule has 2 heteroatoms. The first-order valence-corrected chi connectivity index (χ1v) is 3.40. The predicted octanol–water partition coefficient (Wildman–Crippen LogP) is 0.253. The average molecular weight is 126 g/mol. The fraction of sp³-hybridized carbons (Fsp3) is 0.714. The molecule has 1 saturated heterocycles. The van der Waals surface area contributed by atoms with Crippen molar-refractivity contribution in [1.29, 1.82) is 0 Å². The molecule has 1 fully saturated rings. The minimum atomic E-state index is -0.0781. The molecule has 0 bridgehead atoms. The molecule has 0 atom stereocenters. The van der Waals surface area contributed by atoms with E-state index in [2.05, 4.69) is 11.9 Å². The standard InChI is InChI=1S/C7H14N2/c1-2-7(8)3-5-9-6-4-7/h2,9H,1,3-6,8H2. The first-order chi connectivity index (χ1) is 4.27. The number of hydrogen-bond donors (Lipinski definition) is 2. The van der Waals surface area contributed by atoms with Gasteiger partial charge in [0.25, 0.3) is 0 Å². The third-order valence-electron chi connectivity index (χ3n) is 1.94. The highest BCUT2D eigenvalue weighted by Gasteiger charge is 2.22. The van der Waals surface area contributed by atoms with Crippen molar-refractivity contribution in [2.24, 2.45) is 5.73 Å². The van der Waals surface area contributed by atoms with Gasteiger partial charge in [-0.3, -0.25) is 0 Å². The van der Waals surface area contributed by atoms with Gasteiger partial charge in [0.2, 0.25) is 0 Å². The van der Waals surface area contributed by atoms with Crippen molar-refractivity contribution in [2.45, 2.75) is 18.4 Å². The summed E-state index contributed by atoms with van der Waals surface area (Å²) in [5.41, 5.74) is 5.82. The molecular formula is C7H14N2. The lowest BCUT2D eigenvalue weighted by Crippen LogP contribution is -2.47. The molecular weight excluding hydrogens is 112 g/mol. The van der Waals surface area contributed by atoms with Crippen LogP contribution in [0, 0.1) is 0 Å². The molecule has 3 N–H and O–H groups in total. The molecule has 0 aromatic carbocycles. The van der Waals surface area contributed by atoms with Crippen LogP contribution in [0.5, 0.6) is 0 Å². The second-order valence-corrected chi connectivity index (χ2v) is 2.69. The molecule has 1 heterocycles. The van der Waals surface area contributed by atoms with E-state index in [0.717, 1.165) is 25.9 Å². The van der Waals surface area contributed by atoms with E-state index in [0.29, 0.717) is 0 Å².